The molecule has 3 aliphatic heterocycles. The number of nitrogens with two attached hydrogens (primary N) is 2. The second-order valence-corrected chi connectivity index (χ2v) is 34.3. The van der Waals surface area contributed by atoms with E-state index in [0.717, 1.165) is 28.8 Å². The van der Waals surface area contributed by atoms with Gasteiger partial charge in [-0.25, -0.2) is 0 Å². The summed E-state index contributed by atoms with van der Waals surface area (Å²) in [6.07, 6.45) is -0.929. The van der Waals surface area contributed by atoms with Crippen molar-refractivity contribution in [2.75, 3.05) is 102 Å². The molecule has 0 bridgehead atoms. The summed E-state index contributed by atoms with van der Waals surface area (Å²) in [5.74, 6) is -13.5. The van der Waals surface area contributed by atoms with Crippen molar-refractivity contribution in [1.29, 1.82) is 5.41 Å². The summed E-state index contributed by atoms with van der Waals surface area (Å²) >= 11 is 0.895. The Morgan fingerprint density at radius 1 is 0.587 bits per heavy atom. The molecule has 2 unspecified atom stereocenters. The van der Waals surface area contributed by atoms with Crippen LogP contribution < -0.4 is 64.6 Å². The van der Waals surface area contributed by atoms with E-state index in [0.29, 0.717) is 39.6 Å². The van der Waals surface area contributed by atoms with Crippen molar-refractivity contribution in [2.45, 2.75) is 149 Å². The number of benzene rings is 5. The molecule has 7 atom stereocenters. The average molecular weight is 1820 g/mol. The van der Waals surface area contributed by atoms with Gasteiger partial charge in [-0.15, -0.1) is 16.9 Å². The molecule has 3 heterocycles. The van der Waals surface area contributed by atoms with Gasteiger partial charge in [-0.2, -0.15) is 21.9 Å². The quantitative estimate of drug-likeness (QED) is 0.00463. The van der Waals surface area contributed by atoms with Crippen LogP contribution in [-0.4, -0.2) is 292 Å². The maximum Gasteiger partial charge on any atom is 0.317 e. The van der Waals surface area contributed by atoms with E-state index in [-0.39, 0.29) is 190 Å². The number of phenolic OH excluding ortho intramolecular Hbond substituents is 2. The van der Waals surface area contributed by atoms with E-state index in [9.17, 15) is 119 Å². The van der Waals surface area contributed by atoms with Crippen molar-refractivity contribution in [3.05, 3.63) is 95.6 Å². The number of imide groups is 1. The molecule has 8 rings (SSSR count). The molecule has 0 aromatic heterocycles. The number of unbranched alkanes of at least 4 members (excludes halogenated alkanes) is 2. The third kappa shape index (κ3) is 29.8. The van der Waals surface area contributed by atoms with E-state index in [1.165, 1.54) is 31.2 Å². The van der Waals surface area contributed by atoms with Crippen LogP contribution in [0.4, 0.5) is 22.7 Å². The number of rotatable bonds is 38. The largest absolute Gasteiger partial charge is 0.508 e. The van der Waals surface area contributed by atoms with Crippen molar-refractivity contribution in [3.8, 4) is 22.6 Å². The molecule has 0 spiro atoms. The minimum Gasteiger partial charge on any atom is -0.508 e. The monoisotopic (exact) mass is 1810 g/mol. The number of hydrogen-bond donors (Lipinski definition) is 20. The second-order valence-electron chi connectivity index (χ2n) is 30.3. The van der Waals surface area contributed by atoms with Crippen LogP contribution in [0.3, 0.4) is 0 Å². The van der Waals surface area contributed by atoms with Gasteiger partial charge in [0.05, 0.1) is 53.8 Å². The van der Waals surface area contributed by atoms with E-state index < -0.39 is 178 Å². The van der Waals surface area contributed by atoms with Crippen molar-refractivity contribution < 1.29 is 119 Å². The Hall–Kier alpha value is -12.5. The molecule has 11 amide bonds. The summed E-state index contributed by atoms with van der Waals surface area (Å²) in [6, 6.07) is 9.83. The number of azo groups is 1. The van der Waals surface area contributed by atoms with Crippen LogP contribution in [0.15, 0.2) is 98.9 Å². The molecule has 3 fully saturated rings. The Kier molecular flexibility index (Phi) is 36.0. The van der Waals surface area contributed by atoms with E-state index in [1.54, 1.807) is 64.9 Å². The van der Waals surface area contributed by atoms with Crippen LogP contribution in [0.1, 0.15) is 94.2 Å². The topological polar surface area (TPSA) is 683 Å². The van der Waals surface area contributed by atoms with Crippen molar-refractivity contribution in [1.82, 2.24) is 67.5 Å². The molecule has 0 saturated carbocycles. The molecule has 5 aromatic rings. The lowest BCUT2D eigenvalue weighted by atomic mass is 10.00. The highest BCUT2D eigenvalue weighted by Crippen LogP contribution is 2.44. The van der Waals surface area contributed by atoms with Gasteiger partial charge in [0.15, 0.2) is 11.7 Å². The second kappa shape index (κ2) is 45.9. The number of nitrogens with zero attached hydrogens (tertiary/aromatic N) is 6. The molecule has 44 nitrogen and oxygen atoms in total. The molecule has 47 heteroatoms. The minimum absolute atomic E-state index is 0.0121. The summed E-state index contributed by atoms with van der Waals surface area (Å²) in [6.45, 7) is 5.00. The fraction of sp³-hybridized carbons (Fsp3) is 0.456. The first-order chi connectivity index (χ1) is 59.5. The number of fused-ring (bicyclic) bond motifs is 1. The summed E-state index contributed by atoms with van der Waals surface area (Å²) < 4.78 is 68.4. The summed E-state index contributed by atoms with van der Waals surface area (Å²) in [4.78, 5) is 190. The maximum absolute atomic E-state index is 14.4. The number of carbonyl (C=O) groups is 14. The summed E-state index contributed by atoms with van der Waals surface area (Å²) in [5, 5.41) is 90.2. The van der Waals surface area contributed by atoms with E-state index in [2.05, 4.69) is 63.4 Å². The van der Waals surface area contributed by atoms with Crippen LogP contribution >= 0.6 is 11.8 Å². The first kappa shape index (κ1) is 98.9. The number of phenols is 2. The Balaban J connectivity index is 0.852. The zero-order valence-electron chi connectivity index (χ0n) is 69.0. The van der Waals surface area contributed by atoms with Crippen LogP contribution in [0.5, 0.6) is 11.5 Å². The Morgan fingerprint density at radius 2 is 1.11 bits per heavy atom. The maximum atomic E-state index is 14.4. The molecular weight excluding hydrogens is 1710 g/mol. The lowest BCUT2D eigenvalue weighted by Gasteiger charge is -2.26. The van der Waals surface area contributed by atoms with E-state index in [1.807, 2.05) is 0 Å². The number of aliphatic carboxylic acids is 3. The van der Waals surface area contributed by atoms with Crippen molar-refractivity contribution in [3.63, 3.8) is 0 Å². The molecule has 682 valence electrons. The lowest BCUT2D eigenvalue weighted by molar-refractivity contribution is -0.141. The van der Waals surface area contributed by atoms with Gasteiger partial charge >= 0.3 is 17.9 Å². The number of nitrogen functional groups attached to an aromatic ring is 1. The number of aryl methyl sites for hydroxylation is 2. The van der Waals surface area contributed by atoms with Crippen LogP contribution in [0.2, 0.25) is 0 Å². The standard InChI is InChI=1S/C79H103N19O25S3/c1-43-33-47(48-15-20-52(44(2)34-48)93-94-53-21-18-50-60(125(118,119)120)38-61(126(121,122)123)70(80)69(50)71(53)110)14-19-51(43)88-74(113)54(87-63(101)39-95-27-29-96(40-67(106)107)31-32-97(30-28-95)41-68(108)109)9-4-6-23-83-62(100)22-26-98-65(103)37-59(78(98)117)124-42-64(102)84-24-7-5-10-55-75(114)89-56(11-8-25-85-79(81)82)73(112)86-45(3)72(111)91-58(36-66(104)105)77(116)92-57(76(115)90-55)35-46-12-16-49(99)17-13-46/h12-21,33-34,38,45,54-59,99,110H,4-11,22-32,35-37,39-42,80H2,1-3H3,(H,83,100)(H,84,102)(H,86,112)(H,87,101)(H,88,113)(H,89,114)(H,90,115)(H,91,111)(H,92,116)(H,104,105)(H,106,107)(H,108,109)(H4,81,82,85)(H,118,119,120)(H,121,122,123)/b94-93+/t45?,54-,55-,56+,57+,58+,59?/m1/s1. The SMILES string of the molecule is Cc1cc(-c2ccc(NC(=O)[C@@H](CCCCNC(=O)CCN3C(=O)CC(SCC(=O)NCCCC[C@H]4NC(=O)[C@H](Cc5ccc(O)cc5)NC(=O)[C@H](CC(=O)O)NC(=O)C(C)NC(=O)[C@H](CCCNC(=N)N)NC4=O)C3=O)NC(=O)CN3CCN(CC(=O)O)CCN(CC(=O)O)CC3)c(C)c2)ccc1/N=N/c1ccc2c(S(=O)(=O)O)cc(S(=O)(=O)O)c(N)c2c1O. The van der Waals surface area contributed by atoms with Gasteiger partial charge in [0.1, 0.15) is 57.5 Å². The van der Waals surface area contributed by atoms with Crippen LogP contribution in [0, 0.1) is 19.3 Å². The zero-order chi connectivity index (χ0) is 92.4. The Labute approximate surface area is 727 Å². The fourth-order valence-electron chi connectivity index (χ4n) is 13.9. The lowest BCUT2D eigenvalue weighted by Crippen LogP contribution is -2.58. The van der Waals surface area contributed by atoms with Gasteiger partial charge in [-0.05, 0) is 148 Å². The summed E-state index contributed by atoms with van der Waals surface area (Å²) in [5.41, 5.74) is 13.9. The van der Waals surface area contributed by atoms with Gasteiger partial charge in [-0.3, -0.25) is 101 Å². The highest BCUT2D eigenvalue weighted by Gasteiger charge is 2.40. The summed E-state index contributed by atoms with van der Waals surface area (Å²) in [7, 11) is -10.3. The molecule has 0 radical (unpaired) electrons. The number of carbonyl (C=O) groups excluding carboxylic acids is 11. The first-order valence-electron chi connectivity index (χ1n) is 40.0. The zero-order valence-corrected chi connectivity index (χ0v) is 71.4. The van der Waals surface area contributed by atoms with E-state index in [4.69, 9.17) is 16.9 Å². The predicted octanol–water partition coefficient (Wildman–Crippen LogP) is -0.200. The number of nitrogens with one attached hydrogen (secondary N) is 11. The number of amides is 11. The number of carboxylic acids is 3. The van der Waals surface area contributed by atoms with Crippen molar-refractivity contribution >= 4 is 154 Å². The Morgan fingerprint density at radius 3 is 1.70 bits per heavy atom. The van der Waals surface area contributed by atoms with Gasteiger partial charge in [-0.1, -0.05) is 30.3 Å². The molecule has 22 N–H and O–H groups in total. The number of carboxylic acid groups (broad SMARTS) is 3. The molecular formula is C79H103N19O25S3. The molecule has 126 heavy (non-hydrogen) atoms. The normalized spacial score (nSPS) is 19.0. The highest BCUT2D eigenvalue weighted by molar-refractivity contribution is 8.01. The third-order valence-corrected chi connectivity index (χ3v) is 23.7. The molecule has 5 aromatic carbocycles. The number of thioether (sulfide) groups is 1. The average Bonchev–Trinajstić information content (AvgIpc) is 0.770. The smallest absolute Gasteiger partial charge is 0.317 e. The highest BCUT2D eigenvalue weighted by atomic mass is 32.2. The van der Waals surface area contributed by atoms with Crippen LogP contribution in [0.25, 0.3) is 21.9 Å². The first-order valence-corrected chi connectivity index (χ1v) is 43.9. The third-order valence-electron chi connectivity index (χ3n) is 20.7. The van der Waals surface area contributed by atoms with Crippen molar-refractivity contribution in [2.24, 2.45) is 16.0 Å². The van der Waals surface area contributed by atoms with Gasteiger partial charge in [0.2, 0.25) is 65.0 Å². The number of guanidine groups is 1. The van der Waals surface area contributed by atoms with Gasteiger partial charge in [0.25, 0.3) is 20.2 Å². The predicted molar refractivity (Wildman–Crippen MR) is 455 cm³/mol. The molecule has 3 saturated heterocycles. The fourth-order valence-corrected chi connectivity index (χ4v) is 16.4. The molecule has 3 aliphatic rings. The minimum atomic E-state index is -5.17. The van der Waals surface area contributed by atoms with Gasteiger partial charge < -0.3 is 90.2 Å². The van der Waals surface area contributed by atoms with Gasteiger partial charge in [0, 0.05) is 95.8 Å². The molecule has 0 aliphatic carbocycles. The number of aromatic hydroxyl groups is 2. The van der Waals surface area contributed by atoms with Crippen LogP contribution in [-0.2, 0) is 93.8 Å². The Bertz CT molecular complexity index is 5190. The number of anilines is 2. The number of likely N-dealkylation sites (tertiary alicyclic amines) is 1. The van der Waals surface area contributed by atoms with E-state index >= 15 is 0 Å². The number of hydrogen-bond acceptors (Lipinski definition) is 28.